The lowest BCUT2D eigenvalue weighted by Crippen LogP contribution is -1.95. The molecule has 1 heterocycles. The maximum absolute atomic E-state index is 9.65. The Balaban J connectivity index is 1.82. The summed E-state index contributed by atoms with van der Waals surface area (Å²) in [5.74, 6) is 0.407. The Morgan fingerprint density at radius 1 is 0.500 bits per heavy atom. The third kappa shape index (κ3) is 2.81. The molecule has 0 radical (unpaired) electrons. The number of fused-ring (bicyclic) bond motifs is 2. The molecule has 134 valence electrons. The summed E-state index contributed by atoms with van der Waals surface area (Å²) in [6.45, 7) is 0. The van der Waals surface area contributed by atoms with Crippen molar-refractivity contribution in [3.63, 3.8) is 0 Å². The van der Waals surface area contributed by atoms with E-state index in [1.165, 1.54) is 0 Å². The number of aromatic hydroxyl groups is 2. The number of nitrogens with zero attached hydrogens (tertiary/aromatic N) is 2. The maximum atomic E-state index is 9.65. The second-order valence-electron chi connectivity index (χ2n) is 6.70. The van der Waals surface area contributed by atoms with Crippen LogP contribution in [0.2, 0.25) is 0 Å². The molecule has 0 spiro atoms. The predicted octanol–water partition coefficient (Wildman–Crippen LogP) is 5.53. The topological polar surface area (TPSA) is 66.2 Å². The maximum Gasteiger partial charge on any atom is 0.115 e. The molecule has 5 rings (SSSR count). The van der Waals surface area contributed by atoms with E-state index in [1.54, 1.807) is 24.3 Å². The third-order valence-electron chi connectivity index (χ3n) is 4.81. The Kier molecular flexibility index (Phi) is 3.69. The SMILES string of the molecule is Oc1ccc(-c2nc3cc4ccccc4cc3nc2-c2ccc(O)cc2)cc1. The Morgan fingerprint density at radius 2 is 0.893 bits per heavy atom. The van der Waals surface area contributed by atoms with Gasteiger partial charge >= 0.3 is 0 Å². The number of rotatable bonds is 2. The number of phenols is 2. The Labute approximate surface area is 161 Å². The van der Waals surface area contributed by atoms with E-state index >= 15 is 0 Å². The van der Waals surface area contributed by atoms with Crippen LogP contribution in [0.15, 0.2) is 84.9 Å². The molecule has 0 aliphatic rings. The van der Waals surface area contributed by atoms with E-state index in [9.17, 15) is 10.2 Å². The summed E-state index contributed by atoms with van der Waals surface area (Å²) in [4.78, 5) is 9.83. The lowest BCUT2D eigenvalue weighted by Gasteiger charge is -2.11. The summed E-state index contributed by atoms with van der Waals surface area (Å²) < 4.78 is 0. The van der Waals surface area contributed by atoms with Crippen molar-refractivity contribution in [3.05, 3.63) is 84.9 Å². The van der Waals surface area contributed by atoms with E-state index in [0.717, 1.165) is 44.3 Å². The van der Waals surface area contributed by atoms with Gasteiger partial charge in [-0.2, -0.15) is 0 Å². The molecule has 0 atom stereocenters. The Hall–Kier alpha value is -3.92. The fraction of sp³-hybridized carbons (Fsp3) is 0. The predicted molar refractivity (Wildman–Crippen MR) is 111 cm³/mol. The first-order valence-electron chi connectivity index (χ1n) is 8.97. The summed E-state index contributed by atoms with van der Waals surface area (Å²) in [5.41, 5.74) is 4.81. The summed E-state index contributed by atoms with van der Waals surface area (Å²) in [5, 5.41) is 21.5. The number of hydrogen-bond acceptors (Lipinski definition) is 4. The van der Waals surface area contributed by atoms with E-state index in [1.807, 2.05) is 48.5 Å². The highest BCUT2D eigenvalue weighted by Gasteiger charge is 2.14. The van der Waals surface area contributed by atoms with E-state index in [0.29, 0.717) is 0 Å². The molecule has 4 nitrogen and oxygen atoms in total. The molecule has 0 saturated heterocycles. The van der Waals surface area contributed by atoms with E-state index < -0.39 is 0 Å². The van der Waals surface area contributed by atoms with Crippen molar-refractivity contribution in [2.45, 2.75) is 0 Å². The molecule has 1 aromatic heterocycles. The summed E-state index contributed by atoms with van der Waals surface area (Å²) in [7, 11) is 0. The highest BCUT2D eigenvalue weighted by atomic mass is 16.3. The normalized spacial score (nSPS) is 11.1. The first-order chi connectivity index (χ1) is 13.7. The van der Waals surface area contributed by atoms with Gasteiger partial charge in [-0.1, -0.05) is 24.3 Å². The summed E-state index contributed by atoms with van der Waals surface area (Å²) in [6, 6.07) is 26.1. The highest BCUT2D eigenvalue weighted by molar-refractivity contribution is 5.97. The zero-order chi connectivity index (χ0) is 19.1. The van der Waals surface area contributed by atoms with Crippen molar-refractivity contribution < 1.29 is 10.2 Å². The van der Waals surface area contributed by atoms with Crippen molar-refractivity contribution in [1.29, 1.82) is 0 Å². The average molecular weight is 364 g/mol. The van der Waals surface area contributed by atoms with Crippen molar-refractivity contribution in [1.82, 2.24) is 9.97 Å². The molecule has 0 unspecified atom stereocenters. The number of aromatic nitrogens is 2. The molecule has 5 aromatic rings. The van der Waals surface area contributed by atoms with Crippen LogP contribution in [0.25, 0.3) is 44.3 Å². The largest absolute Gasteiger partial charge is 0.508 e. The van der Waals surface area contributed by atoms with Crippen LogP contribution in [0.5, 0.6) is 11.5 Å². The van der Waals surface area contributed by atoms with Gasteiger partial charge in [0.05, 0.1) is 22.4 Å². The van der Waals surface area contributed by atoms with Crippen molar-refractivity contribution >= 4 is 21.8 Å². The fourth-order valence-corrected chi connectivity index (χ4v) is 3.38. The molecule has 0 fully saturated rings. The van der Waals surface area contributed by atoms with Gasteiger partial charge in [0.2, 0.25) is 0 Å². The van der Waals surface area contributed by atoms with Gasteiger partial charge in [-0.3, -0.25) is 0 Å². The Bertz CT molecular complexity index is 1210. The molecule has 2 N–H and O–H groups in total. The van der Waals surface area contributed by atoms with Gasteiger partial charge in [-0.05, 0) is 71.4 Å². The van der Waals surface area contributed by atoms with Gasteiger partial charge in [0.15, 0.2) is 0 Å². The molecular formula is C24H16N2O2. The van der Waals surface area contributed by atoms with E-state index in [2.05, 4.69) is 12.1 Å². The highest BCUT2D eigenvalue weighted by Crippen LogP contribution is 2.33. The van der Waals surface area contributed by atoms with Gasteiger partial charge in [-0.15, -0.1) is 0 Å². The molecule has 0 aliphatic carbocycles. The van der Waals surface area contributed by atoms with Crippen LogP contribution in [0.4, 0.5) is 0 Å². The molecule has 0 amide bonds. The van der Waals surface area contributed by atoms with Crippen LogP contribution < -0.4 is 0 Å². The van der Waals surface area contributed by atoms with Crippen LogP contribution in [0.1, 0.15) is 0 Å². The van der Waals surface area contributed by atoms with Gasteiger partial charge in [0.25, 0.3) is 0 Å². The van der Waals surface area contributed by atoms with E-state index in [4.69, 9.17) is 9.97 Å². The number of hydrogen-bond donors (Lipinski definition) is 2. The minimum Gasteiger partial charge on any atom is -0.508 e. The second-order valence-corrected chi connectivity index (χ2v) is 6.70. The molecule has 0 saturated carbocycles. The average Bonchev–Trinajstić information content (AvgIpc) is 2.72. The lowest BCUT2D eigenvalue weighted by molar-refractivity contribution is 0.475. The van der Waals surface area contributed by atoms with Crippen molar-refractivity contribution in [2.75, 3.05) is 0 Å². The molecule has 4 heteroatoms. The molecule has 0 bridgehead atoms. The standard InChI is InChI=1S/C24H16N2O2/c27-19-9-5-15(6-10-19)23-24(16-7-11-20(28)12-8-16)26-22-14-18-4-2-1-3-17(18)13-21(22)25-23/h1-14,27-28H. The quantitative estimate of drug-likeness (QED) is 0.404. The monoisotopic (exact) mass is 364 g/mol. The van der Waals surface area contributed by atoms with Crippen LogP contribution in [0.3, 0.4) is 0 Å². The van der Waals surface area contributed by atoms with Crippen LogP contribution >= 0.6 is 0 Å². The smallest absolute Gasteiger partial charge is 0.115 e. The van der Waals surface area contributed by atoms with Crippen LogP contribution in [-0.4, -0.2) is 20.2 Å². The molecular weight excluding hydrogens is 348 g/mol. The fourth-order valence-electron chi connectivity index (χ4n) is 3.38. The minimum absolute atomic E-state index is 0.203. The minimum atomic E-state index is 0.203. The number of benzene rings is 4. The zero-order valence-corrected chi connectivity index (χ0v) is 14.9. The lowest BCUT2D eigenvalue weighted by atomic mass is 10.0. The summed E-state index contributed by atoms with van der Waals surface area (Å²) in [6.07, 6.45) is 0. The molecule has 28 heavy (non-hydrogen) atoms. The van der Waals surface area contributed by atoms with Crippen molar-refractivity contribution in [3.8, 4) is 34.0 Å². The van der Waals surface area contributed by atoms with Crippen molar-refractivity contribution in [2.24, 2.45) is 0 Å². The third-order valence-corrected chi connectivity index (χ3v) is 4.81. The van der Waals surface area contributed by atoms with Gasteiger partial charge < -0.3 is 10.2 Å². The molecule has 0 aliphatic heterocycles. The van der Waals surface area contributed by atoms with Gasteiger partial charge in [0, 0.05) is 11.1 Å². The number of phenolic OH excluding ortho intramolecular Hbond substituents is 2. The zero-order valence-electron chi connectivity index (χ0n) is 14.9. The first-order valence-corrected chi connectivity index (χ1v) is 8.97. The van der Waals surface area contributed by atoms with Crippen LogP contribution in [0, 0.1) is 0 Å². The van der Waals surface area contributed by atoms with Gasteiger partial charge in [-0.25, -0.2) is 9.97 Å². The summed E-state index contributed by atoms with van der Waals surface area (Å²) >= 11 is 0. The van der Waals surface area contributed by atoms with Gasteiger partial charge in [0.1, 0.15) is 11.5 Å². The first kappa shape index (κ1) is 16.3. The molecule has 4 aromatic carbocycles. The Morgan fingerprint density at radius 3 is 1.29 bits per heavy atom. The van der Waals surface area contributed by atoms with E-state index in [-0.39, 0.29) is 11.5 Å². The van der Waals surface area contributed by atoms with Crippen LogP contribution in [-0.2, 0) is 0 Å². The second kappa shape index (κ2) is 6.35.